The molecule has 3 nitrogen and oxygen atoms in total. The molecule has 0 fully saturated rings. The SMILES string of the molecule is CCC[C@@H](N)C(=O)O.Cl.Cl. The lowest BCUT2D eigenvalue weighted by Gasteiger charge is -2.00. The van der Waals surface area contributed by atoms with Gasteiger partial charge in [0.25, 0.3) is 0 Å². The van der Waals surface area contributed by atoms with Crippen molar-refractivity contribution < 1.29 is 9.90 Å². The fourth-order valence-electron chi connectivity index (χ4n) is 0.434. The van der Waals surface area contributed by atoms with Gasteiger partial charge in [-0.1, -0.05) is 13.3 Å². The van der Waals surface area contributed by atoms with Crippen molar-refractivity contribution in [1.29, 1.82) is 0 Å². The van der Waals surface area contributed by atoms with E-state index < -0.39 is 12.0 Å². The maximum Gasteiger partial charge on any atom is 0.320 e. The van der Waals surface area contributed by atoms with Crippen LogP contribution in [0.25, 0.3) is 0 Å². The molecule has 1 atom stereocenters. The van der Waals surface area contributed by atoms with E-state index in [1.165, 1.54) is 0 Å². The van der Waals surface area contributed by atoms with Gasteiger partial charge in [0.2, 0.25) is 0 Å². The highest BCUT2D eigenvalue weighted by Crippen LogP contribution is 1.91. The van der Waals surface area contributed by atoms with Crippen molar-refractivity contribution >= 4 is 30.8 Å². The van der Waals surface area contributed by atoms with Crippen LogP contribution in [0.5, 0.6) is 0 Å². The molecular formula is C5H13Cl2NO2. The topological polar surface area (TPSA) is 63.3 Å². The summed E-state index contributed by atoms with van der Waals surface area (Å²) in [6.45, 7) is 1.91. The van der Waals surface area contributed by atoms with Crippen LogP contribution in [0.2, 0.25) is 0 Å². The number of carbonyl (C=O) groups is 1. The summed E-state index contributed by atoms with van der Waals surface area (Å²) in [5, 5.41) is 8.19. The molecule has 5 heteroatoms. The third-order valence-corrected chi connectivity index (χ3v) is 0.917. The molecule has 0 aromatic rings. The van der Waals surface area contributed by atoms with Crippen LogP contribution in [0, 0.1) is 0 Å². The summed E-state index contributed by atoms with van der Waals surface area (Å²) in [4.78, 5) is 9.96. The molecule has 0 saturated heterocycles. The fraction of sp³-hybridized carbons (Fsp3) is 0.800. The Kier molecular flexibility index (Phi) is 14.9. The Balaban J connectivity index is -0.000000245. The molecule has 0 aliphatic heterocycles. The first-order valence-corrected chi connectivity index (χ1v) is 2.67. The summed E-state index contributed by atoms with van der Waals surface area (Å²) in [5.41, 5.74) is 5.13. The van der Waals surface area contributed by atoms with Crippen molar-refractivity contribution in [3.8, 4) is 0 Å². The standard InChI is InChI=1S/C5H11NO2.2ClH/c1-2-3-4(6)5(7)8;;/h4H,2-3,6H2,1H3,(H,7,8);2*1H/t4-;;/m1../s1. The number of rotatable bonds is 3. The third kappa shape index (κ3) is 8.01. The number of nitrogens with two attached hydrogens (primary N) is 1. The second-order valence-corrected chi connectivity index (χ2v) is 1.73. The van der Waals surface area contributed by atoms with Gasteiger partial charge >= 0.3 is 5.97 Å². The van der Waals surface area contributed by atoms with Crippen molar-refractivity contribution in [3.05, 3.63) is 0 Å². The van der Waals surface area contributed by atoms with Gasteiger partial charge in [0.1, 0.15) is 6.04 Å². The van der Waals surface area contributed by atoms with Gasteiger partial charge in [-0.25, -0.2) is 0 Å². The highest BCUT2D eigenvalue weighted by Gasteiger charge is 2.07. The average Bonchev–Trinajstić information content (AvgIpc) is 1.67. The normalized spacial score (nSPS) is 10.6. The molecule has 0 aliphatic rings. The lowest BCUT2D eigenvalue weighted by atomic mass is 10.2. The van der Waals surface area contributed by atoms with Crippen molar-refractivity contribution in [2.75, 3.05) is 0 Å². The molecule has 0 unspecified atom stereocenters. The van der Waals surface area contributed by atoms with Crippen molar-refractivity contribution in [3.63, 3.8) is 0 Å². The molecule has 0 aromatic carbocycles. The van der Waals surface area contributed by atoms with Gasteiger partial charge in [-0.2, -0.15) is 0 Å². The van der Waals surface area contributed by atoms with E-state index in [9.17, 15) is 4.79 Å². The fourth-order valence-corrected chi connectivity index (χ4v) is 0.434. The molecule has 3 N–H and O–H groups in total. The summed E-state index contributed by atoms with van der Waals surface area (Å²) in [6, 6.07) is -0.667. The molecule has 0 aromatic heterocycles. The second kappa shape index (κ2) is 9.01. The molecule has 0 amide bonds. The lowest BCUT2D eigenvalue weighted by Crippen LogP contribution is -2.29. The highest BCUT2D eigenvalue weighted by molar-refractivity contribution is 5.85. The van der Waals surface area contributed by atoms with Crippen LogP contribution in [0.3, 0.4) is 0 Å². The van der Waals surface area contributed by atoms with Crippen LogP contribution in [-0.4, -0.2) is 17.1 Å². The zero-order chi connectivity index (χ0) is 6.57. The van der Waals surface area contributed by atoms with Gasteiger partial charge in [0.15, 0.2) is 0 Å². The number of carboxylic acids is 1. The quantitative estimate of drug-likeness (QED) is 0.698. The summed E-state index contributed by atoms with van der Waals surface area (Å²) < 4.78 is 0. The van der Waals surface area contributed by atoms with Gasteiger partial charge in [0.05, 0.1) is 0 Å². The van der Waals surface area contributed by atoms with E-state index in [1.807, 2.05) is 6.92 Å². The van der Waals surface area contributed by atoms with E-state index in [2.05, 4.69) is 0 Å². The van der Waals surface area contributed by atoms with Crippen molar-refractivity contribution in [2.24, 2.45) is 5.73 Å². The number of aliphatic carboxylic acids is 1. The second-order valence-electron chi connectivity index (χ2n) is 1.73. The van der Waals surface area contributed by atoms with Crippen LogP contribution in [-0.2, 0) is 4.79 Å². The Hall–Kier alpha value is 0.01000. The maximum absolute atomic E-state index is 9.96. The Bertz CT molecular complexity index is 89.7. The number of hydrogen-bond acceptors (Lipinski definition) is 2. The summed E-state index contributed by atoms with van der Waals surface area (Å²) >= 11 is 0. The van der Waals surface area contributed by atoms with Crippen LogP contribution in [0.4, 0.5) is 0 Å². The van der Waals surface area contributed by atoms with Crippen LogP contribution >= 0.6 is 24.8 Å². The van der Waals surface area contributed by atoms with E-state index in [4.69, 9.17) is 10.8 Å². The van der Waals surface area contributed by atoms with E-state index in [0.717, 1.165) is 6.42 Å². The monoisotopic (exact) mass is 189 g/mol. The van der Waals surface area contributed by atoms with E-state index >= 15 is 0 Å². The minimum absolute atomic E-state index is 0. The minimum Gasteiger partial charge on any atom is -0.480 e. The summed E-state index contributed by atoms with van der Waals surface area (Å²) in [5.74, 6) is -0.910. The molecule has 0 radical (unpaired) electrons. The average molecular weight is 190 g/mol. The molecule has 0 spiro atoms. The van der Waals surface area contributed by atoms with Crippen LogP contribution in [0.1, 0.15) is 19.8 Å². The smallest absolute Gasteiger partial charge is 0.320 e. The van der Waals surface area contributed by atoms with Crippen molar-refractivity contribution in [1.82, 2.24) is 0 Å². The van der Waals surface area contributed by atoms with Gasteiger partial charge in [0, 0.05) is 0 Å². The Morgan fingerprint density at radius 1 is 1.60 bits per heavy atom. The number of carboxylic acid groups (broad SMARTS) is 1. The van der Waals surface area contributed by atoms with E-state index in [0.29, 0.717) is 6.42 Å². The largest absolute Gasteiger partial charge is 0.480 e. The predicted octanol–water partition coefficient (Wildman–Crippen LogP) is 1.04. The zero-order valence-corrected chi connectivity index (χ0v) is 7.37. The van der Waals surface area contributed by atoms with Gasteiger partial charge < -0.3 is 10.8 Å². The molecule has 64 valence electrons. The number of halogens is 2. The van der Waals surface area contributed by atoms with Crippen LogP contribution in [0.15, 0.2) is 0 Å². The number of hydrogen-bond donors (Lipinski definition) is 2. The molecular weight excluding hydrogens is 177 g/mol. The van der Waals surface area contributed by atoms with Gasteiger partial charge in [-0.3, -0.25) is 4.79 Å². The summed E-state index contributed by atoms with van der Waals surface area (Å²) in [7, 11) is 0. The summed E-state index contributed by atoms with van der Waals surface area (Å²) in [6.07, 6.45) is 1.39. The van der Waals surface area contributed by atoms with Gasteiger partial charge in [-0.05, 0) is 6.42 Å². The first kappa shape index (κ1) is 16.5. The molecule has 10 heavy (non-hydrogen) atoms. The minimum atomic E-state index is -0.910. The Labute approximate surface area is 72.8 Å². The van der Waals surface area contributed by atoms with Gasteiger partial charge in [-0.15, -0.1) is 24.8 Å². The highest BCUT2D eigenvalue weighted by atomic mass is 35.5. The first-order chi connectivity index (χ1) is 3.68. The predicted molar refractivity (Wildman–Crippen MR) is 45.0 cm³/mol. The molecule has 0 rings (SSSR count). The van der Waals surface area contributed by atoms with Crippen molar-refractivity contribution in [2.45, 2.75) is 25.8 Å². The molecule has 0 heterocycles. The molecule has 0 aliphatic carbocycles. The van der Waals surface area contributed by atoms with E-state index in [-0.39, 0.29) is 24.8 Å². The molecule has 0 saturated carbocycles. The Morgan fingerprint density at radius 3 is 2.10 bits per heavy atom. The van der Waals surface area contributed by atoms with E-state index in [1.54, 1.807) is 0 Å². The Morgan fingerprint density at radius 2 is 2.00 bits per heavy atom. The third-order valence-electron chi connectivity index (χ3n) is 0.917. The first-order valence-electron chi connectivity index (χ1n) is 2.67. The lowest BCUT2D eigenvalue weighted by molar-refractivity contribution is -0.138. The van der Waals surface area contributed by atoms with Crippen LogP contribution < -0.4 is 5.73 Å². The zero-order valence-electron chi connectivity index (χ0n) is 5.74. The maximum atomic E-state index is 9.96. The molecule has 0 bridgehead atoms.